The molecular formula is C30H48N6O2. The minimum absolute atomic E-state index is 0.129. The average Bonchev–Trinajstić information content (AvgIpc) is 3.19. The van der Waals surface area contributed by atoms with Crippen LogP contribution in [-0.2, 0) is 11.3 Å². The molecule has 1 fully saturated rings. The zero-order chi connectivity index (χ0) is 28.0. The molecule has 0 aliphatic carbocycles. The molecular weight excluding hydrogens is 476 g/mol. The van der Waals surface area contributed by atoms with Crippen molar-refractivity contribution in [2.75, 3.05) is 38.1 Å². The summed E-state index contributed by atoms with van der Waals surface area (Å²) in [5.41, 5.74) is 2.37. The van der Waals surface area contributed by atoms with Gasteiger partial charge in [-0.15, -0.1) is 0 Å². The number of ether oxygens (including phenoxy) is 1. The Bertz CT molecular complexity index is 1020. The zero-order valence-electron chi connectivity index (χ0n) is 24.9. The molecule has 8 heteroatoms. The highest BCUT2D eigenvalue weighted by atomic mass is 16.6. The number of benzene rings is 1. The van der Waals surface area contributed by atoms with E-state index < -0.39 is 11.7 Å². The Morgan fingerprint density at radius 3 is 2.37 bits per heavy atom. The second kappa shape index (κ2) is 12.9. The fraction of sp³-hybridized carbons (Fsp3) is 0.633. The van der Waals surface area contributed by atoms with Crippen molar-refractivity contribution in [1.82, 2.24) is 14.8 Å². The summed E-state index contributed by atoms with van der Waals surface area (Å²) >= 11 is 0. The summed E-state index contributed by atoms with van der Waals surface area (Å²) in [4.78, 5) is 24.4. The van der Waals surface area contributed by atoms with Crippen LogP contribution >= 0.6 is 0 Å². The van der Waals surface area contributed by atoms with Crippen molar-refractivity contribution in [3.63, 3.8) is 0 Å². The minimum atomic E-state index is -0.616. The van der Waals surface area contributed by atoms with E-state index >= 15 is 0 Å². The number of hydrogen-bond acceptors (Lipinski definition) is 7. The fourth-order valence-electron chi connectivity index (χ4n) is 4.89. The molecule has 1 unspecified atom stereocenters. The second-order valence-electron chi connectivity index (χ2n) is 12.1. The molecule has 0 saturated carbocycles. The third kappa shape index (κ3) is 8.40. The predicted molar refractivity (Wildman–Crippen MR) is 158 cm³/mol. The standard InChI is InChI=1S/C30H48N6O2/c1-22(2)18-23(3)36-24(4)27(20-32-36)19-31-25(5)35(29(37)38-30(6,7)8)28-12-10-26(11-13-28)21-34-16-14-33(9)15-17-34/h10-13,19-20,22-24H,14-18,21H2,1-9H3/b27-19-,31-25?/t23-,24?/m1/s1. The molecule has 2 aliphatic heterocycles. The molecule has 1 aromatic rings. The molecule has 8 nitrogen and oxygen atoms in total. The number of piperazine rings is 1. The maximum atomic E-state index is 13.3. The maximum Gasteiger partial charge on any atom is 0.420 e. The van der Waals surface area contributed by atoms with Gasteiger partial charge in [0.05, 0.1) is 17.9 Å². The van der Waals surface area contributed by atoms with Gasteiger partial charge in [-0.3, -0.25) is 9.91 Å². The van der Waals surface area contributed by atoms with E-state index in [1.807, 2.05) is 52.2 Å². The molecule has 0 spiro atoms. The van der Waals surface area contributed by atoms with Crippen LogP contribution in [0.2, 0.25) is 0 Å². The van der Waals surface area contributed by atoms with Crippen molar-refractivity contribution in [3.05, 3.63) is 41.6 Å². The van der Waals surface area contributed by atoms with Gasteiger partial charge in [-0.25, -0.2) is 14.7 Å². The highest BCUT2D eigenvalue weighted by Crippen LogP contribution is 2.24. The highest BCUT2D eigenvalue weighted by molar-refractivity contribution is 6.14. The van der Waals surface area contributed by atoms with Crippen molar-refractivity contribution in [2.45, 2.75) is 86.0 Å². The molecule has 210 valence electrons. The lowest BCUT2D eigenvalue weighted by Gasteiger charge is -2.32. The normalized spacial score (nSPS) is 21.4. The maximum absolute atomic E-state index is 13.3. The number of carbonyl (C=O) groups is 1. The summed E-state index contributed by atoms with van der Waals surface area (Å²) in [6.45, 7) is 21.5. The van der Waals surface area contributed by atoms with Gasteiger partial charge >= 0.3 is 6.09 Å². The lowest BCUT2D eigenvalue weighted by molar-refractivity contribution is 0.0604. The molecule has 0 bridgehead atoms. The molecule has 0 aromatic heterocycles. The van der Waals surface area contributed by atoms with E-state index in [1.165, 1.54) is 5.56 Å². The van der Waals surface area contributed by atoms with Gasteiger partial charge in [0.25, 0.3) is 0 Å². The molecule has 2 aliphatic rings. The third-order valence-electron chi connectivity index (χ3n) is 6.98. The quantitative estimate of drug-likeness (QED) is 0.343. The van der Waals surface area contributed by atoms with Crippen LogP contribution in [0.3, 0.4) is 0 Å². The third-order valence-corrected chi connectivity index (χ3v) is 6.98. The van der Waals surface area contributed by atoms with Crippen LogP contribution in [0.25, 0.3) is 0 Å². The Balaban J connectivity index is 1.78. The first-order chi connectivity index (χ1) is 17.8. The number of aliphatic imine (C=N–C) groups is 1. The molecule has 1 saturated heterocycles. The smallest absolute Gasteiger partial charge is 0.420 e. The van der Waals surface area contributed by atoms with E-state index in [0.717, 1.165) is 50.4 Å². The lowest BCUT2D eigenvalue weighted by Crippen LogP contribution is -2.43. The molecule has 1 amide bonds. The number of likely N-dealkylation sites (N-methyl/N-ethyl adjacent to an activating group) is 1. The van der Waals surface area contributed by atoms with Crippen LogP contribution in [0, 0.1) is 5.92 Å². The Labute approximate surface area is 230 Å². The van der Waals surface area contributed by atoms with Gasteiger partial charge in [-0.2, -0.15) is 5.10 Å². The first-order valence-corrected chi connectivity index (χ1v) is 13.9. The molecule has 1 aromatic carbocycles. The van der Waals surface area contributed by atoms with Crippen molar-refractivity contribution < 1.29 is 9.53 Å². The number of hydrogen-bond donors (Lipinski definition) is 0. The van der Waals surface area contributed by atoms with Crippen LogP contribution in [-0.4, -0.2) is 83.9 Å². The van der Waals surface area contributed by atoms with Crippen molar-refractivity contribution >= 4 is 23.8 Å². The minimum Gasteiger partial charge on any atom is -0.443 e. The number of nitrogens with zero attached hydrogens (tertiary/aromatic N) is 6. The molecule has 3 rings (SSSR count). The molecule has 0 N–H and O–H groups in total. The Morgan fingerprint density at radius 1 is 1.16 bits per heavy atom. The summed E-state index contributed by atoms with van der Waals surface area (Å²) in [5.74, 6) is 1.16. The SMILES string of the molecule is CC(=N/C=C1/C=NN([C@H](C)CC(C)C)C1C)N(C(=O)OC(C)(C)C)c1ccc(CN2CCN(C)CC2)cc1. The Morgan fingerprint density at radius 2 is 1.79 bits per heavy atom. The van der Waals surface area contributed by atoms with Crippen molar-refractivity contribution in [2.24, 2.45) is 16.0 Å². The Kier molecular flexibility index (Phi) is 10.1. The van der Waals surface area contributed by atoms with Gasteiger partial charge in [0, 0.05) is 50.5 Å². The van der Waals surface area contributed by atoms with Gasteiger partial charge in [-0.05, 0) is 78.6 Å². The Hall–Kier alpha value is -2.71. The lowest BCUT2D eigenvalue weighted by atomic mass is 10.0. The number of amidine groups is 1. The fourth-order valence-corrected chi connectivity index (χ4v) is 4.89. The van der Waals surface area contributed by atoms with Crippen LogP contribution < -0.4 is 4.90 Å². The number of anilines is 1. The monoisotopic (exact) mass is 524 g/mol. The summed E-state index contributed by atoms with van der Waals surface area (Å²) in [7, 11) is 2.17. The second-order valence-corrected chi connectivity index (χ2v) is 12.1. The predicted octanol–water partition coefficient (Wildman–Crippen LogP) is 5.60. The molecule has 2 heterocycles. The van der Waals surface area contributed by atoms with E-state index in [0.29, 0.717) is 17.8 Å². The van der Waals surface area contributed by atoms with Crippen LogP contribution in [0.1, 0.15) is 67.4 Å². The summed E-state index contributed by atoms with van der Waals surface area (Å²) in [5, 5.41) is 6.78. The highest BCUT2D eigenvalue weighted by Gasteiger charge is 2.28. The van der Waals surface area contributed by atoms with Gasteiger partial charge in [0.15, 0.2) is 0 Å². The van der Waals surface area contributed by atoms with Crippen molar-refractivity contribution in [3.8, 4) is 0 Å². The topological polar surface area (TPSA) is 64.0 Å². The van der Waals surface area contributed by atoms with Gasteiger partial charge in [-0.1, -0.05) is 26.0 Å². The van der Waals surface area contributed by atoms with Crippen molar-refractivity contribution in [1.29, 1.82) is 0 Å². The average molecular weight is 525 g/mol. The van der Waals surface area contributed by atoms with E-state index in [-0.39, 0.29) is 6.04 Å². The number of carbonyl (C=O) groups excluding carboxylic acids is 1. The summed E-state index contributed by atoms with van der Waals surface area (Å²) in [6, 6.07) is 8.63. The van der Waals surface area contributed by atoms with E-state index in [2.05, 4.69) is 66.8 Å². The van der Waals surface area contributed by atoms with E-state index in [1.54, 1.807) is 4.90 Å². The molecule has 2 atom stereocenters. The van der Waals surface area contributed by atoms with Gasteiger partial charge < -0.3 is 9.64 Å². The number of rotatable bonds is 7. The van der Waals surface area contributed by atoms with Crippen LogP contribution in [0.15, 0.2) is 46.1 Å². The first kappa shape index (κ1) is 29.8. The molecule has 38 heavy (non-hydrogen) atoms. The van der Waals surface area contributed by atoms with E-state index in [9.17, 15) is 4.79 Å². The first-order valence-electron chi connectivity index (χ1n) is 13.9. The van der Waals surface area contributed by atoms with Crippen LogP contribution in [0.4, 0.5) is 10.5 Å². The van der Waals surface area contributed by atoms with Gasteiger partial charge in [0.1, 0.15) is 11.4 Å². The van der Waals surface area contributed by atoms with E-state index in [4.69, 9.17) is 9.73 Å². The largest absolute Gasteiger partial charge is 0.443 e. The number of amides is 1. The zero-order valence-corrected chi connectivity index (χ0v) is 24.9. The summed E-state index contributed by atoms with van der Waals surface area (Å²) < 4.78 is 5.75. The van der Waals surface area contributed by atoms with Crippen LogP contribution in [0.5, 0.6) is 0 Å². The molecule has 0 radical (unpaired) electrons. The number of hydrazone groups is 1. The van der Waals surface area contributed by atoms with Gasteiger partial charge in [0.2, 0.25) is 0 Å². The summed E-state index contributed by atoms with van der Waals surface area (Å²) in [6.07, 6.45) is 4.34.